The van der Waals surface area contributed by atoms with E-state index in [0.717, 1.165) is 22.3 Å². The van der Waals surface area contributed by atoms with Gasteiger partial charge in [-0.2, -0.15) is 0 Å². The predicted molar refractivity (Wildman–Crippen MR) is 199 cm³/mol. The Balaban J connectivity index is 1.20. The van der Waals surface area contributed by atoms with Crippen LogP contribution in [0.4, 0.5) is 0 Å². The fourth-order valence-electron chi connectivity index (χ4n) is 7.47. The van der Waals surface area contributed by atoms with Crippen LogP contribution in [0.25, 0.3) is 56.4 Å². The van der Waals surface area contributed by atoms with E-state index in [1.165, 1.54) is 38.9 Å². The Bertz CT molecular complexity index is 2310. The Kier molecular flexibility index (Phi) is 7.02. The van der Waals surface area contributed by atoms with Crippen LogP contribution in [0.1, 0.15) is 22.3 Å². The summed E-state index contributed by atoms with van der Waals surface area (Å²) < 4.78 is 0. The van der Waals surface area contributed by atoms with Crippen LogP contribution in [-0.2, 0) is 5.41 Å². The molecule has 0 bridgehead atoms. The van der Waals surface area contributed by atoms with E-state index in [9.17, 15) is 0 Å². The van der Waals surface area contributed by atoms with Crippen LogP contribution in [-0.4, -0.2) is 15.0 Å². The van der Waals surface area contributed by atoms with Crippen LogP contribution >= 0.6 is 0 Å². The minimum atomic E-state index is -0.434. The third-order valence-corrected chi connectivity index (χ3v) is 9.64. The molecule has 1 aromatic heterocycles. The summed E-state index contributed by atoms with van der Waals surface area (Å²) in [5.74, 6) is 1.96. The summed E-state index contributed by atoms with van der Waals surface area (Å²) in [7, 11) is 0. The summed E-state index contributed by atoms with van der Waals surface area (Å²) in [6.45, 7) is 0. The minimum absolute atomic E-state index is 0.434. The zero-order chi connectivity index (χ0) is 32.6. The lowest BCUT2D eigenvalue weighted by atomic mass is 9.67. The largest absolute Gasteiger partial charge is 0.208 e. The normalized spacial score (nSPS) is 12.7. The lowest BCUT2D eigenvalue weighted by Crippen LogP contribution is -2.28. The van der Waals surface area contributed by atoms with E-state index in [0.29, 0.717) is 17.5 Å². The molecule has 0 amide bonds. The molecule has 0 saturated heterocycles. The number of benzene rings is 7. The van der Waals surface area contributed by atoms with E-state index in [4.69, 9.17) is 15.0 Å². The first kappa shape index (κ1) is 28.7. The number of fused-ring (bicyclic) bond motifs is 3. The zero-order valence-corrected chi connectivity index (χ0v) is 26.7. The molecule has 7 aromatic carbocycles. The molecule has 9 rings (SSSR count). The van der Waals surface area contributed by atoms with Gasteiger partial charge in [-0.1, -0.05) is 188 Å². The molecule has 1 aliphatic carbocycles. The van der Waals surface area contributed by atoms with Crippen molar-refractivity contribution in [2.75, 3.05) is 0 Å². The average Bonchev–Trinajstić information content (AvgIpc) is 3.50. The predicted octanol–water partition coefficient (Wildman–Crippen LogP) is 10.9. The maximum absolute atomic E-state index is 4.95. The Morgan fingerprint density at radius 2 is 0.673 bits per heavy atom. The van der Waals surface area contributed by atoms with Crippen LogP contribution in [0.3, 0.4) is 0 Å². The molecule has 0 atom stereocenters. The third kappa shape index (κ3) is 4.78. The van der Waals surface area contributed by atoms with E-state index in [1.54, 1.807) is 0 Å². The van der Waals surface area contributed by atoms with Gasteiger partial charge < -0.3 is 0 Å². The van der Waals surface area contributed by atoms with Crippen molar-refractivity contribution < 1.29 is 0 Å². The van der Waals surface area contributed by atoms with Crippen molar-refractivity contribution in [3.63, 3.8) is 0 Å². The molecule has 49 heavy (non-hydrogen) atoms. The van der Waals surface area contributed by atoms with Crippen LogP contribution in [0.2, 0.25) is 0 Å². The highest BCUT2D eigenvalue weighted by Gasteiger charge is 2.46. The zero-order valence-electron chi connectivity index (χ0n) is 26.7. The Hall–Kier alpha value is -6.45. The lowest BCUT2D eigenvalue weighted by Gasteiger charge is -2.34. The fraction of sp³-hybridized carbons (Fsp3) is 0.0217. The molecular weight excluding hydrogens is 595 g/mol. The molecule has 0 N–H and O–H groups in total. The van der Waals surface area contributed by atoms with E-state index in [1.807, 2.05) is 60.7 Å². The van der Waals surface area contributed by atoms with Crippen molar-refractivity contribution in [1.82, 2.24) is 15.0 Å². The highest BCUT2D eigenvalue weighted by Crippen LogP contribution is 2.58. The summed E-state index contributed by atoms with van der Waals surface area (Å²) in [6.07, 6.45) is 0. The van der Waals surface area contributed by atoms with E-state index >= 15 is 0 Å². The summed E-state index contributed by atoms with van der Waals surface area (Å²) in [5.41, 5.74) is 12.4. The van der Waals surface area contributed by atoms with Gasteiger partial charge in [0.15, 0.2) is 17.5 Å². The van der Waals surface area contributed by atoms with Crippen molar-refractivity contribution in [3.05, 3.63) is 210 Å². The minimum Gasteiger partial charge on any atom is -0.208 e. The Morgan fingerprint density at radius 1 is 0.286 bits per heavy atom. The second kappa shape index (κ2) is 12.0. The van der Waals surface area contributed by atoms with Gasteiger partial charge in [-0.15, -0.1) is 0 Å². The van der Waals surface area contributed by atoms with Crippen molar-refractivity contribution in [2.45, 2.75) is 5.41 Å². The van der Waals surface area contributed by atoms with Crippen LogP contribution < -0.4 is 0 Å². The quantitative estimate of drug-likeness (QED) is 0.185. The second-order valence-corrected chi connectivity index (χ2v) is 12.4. The highest BCUT2D eigenvalue weighted by atomic mass is 15.0. The number of nitrogens with zero attached hydrogens (tertiary/aromatic N) is 3. The second-order valence-electron chi connectivity index (χ2n) is 12.4. The van der Waals surface area contributed by atoms with Crippen LogP contribution in [0.5, 0.6) is 0 Å². The number of hydrogen-bond donors (Lipinski definition) is 0. The number of rotatable bonds is 6. The smallest absolute Gasteiger partial charge is 0.164 e. The van der Waals surface area contributed by atoms with Gasteiger partial charge in [0.25, 0.3) is 0 Å². The van der Waals surface area contributed by atoms with Crippen LogP contribution in [0, 0.1) is 0 Å². The van der Waals surface area contributed by atoms with E-state index in [2.05, 4.69) is 127 Å². The summed E-state index contributed by atoms with van der Waals surface area (Å²) >= 11 is 0. The van der Waals surface area contributed by atoms with Crippen molar-refractivity contribution in [1.29, 1.82) is 0 Å². The molecule has 3 heteroatoms. The van der Waals surface area contributed by atoms with Gasteiger partial charge in [0.1, 0.15) is 0 Å². The molecule has 3 nitrogen and oxygen atoms in total. The SMILES string of the molecule is c1ccc(-c2nc(-c3ccccc3)nc(-c3ccc(-c4cccc5c4-c4ccccc4C5(c4ccccc4)c4ccccc4)cc3)n2)cc1. The Labute approximate surface area is 286 Å². The summed E-state index contributed by atoms with van der Waals surface area (Å²) in [6, 6.07) is 66.4. The first-order valence-corrected chi connectivity index (χ1v) is 16.6. The van der Waals surface area contributed by atoms with Gasteiger partial charge in [-0.05, 0) is 44.5 Å². The van der Waals surface area contributed by atoms with Gasteiger partial charge in [0.2, 0.25) is 0 Å². The molecule has 0 radical (unpaired) electrons. The van der Waals surface area contributed by atoms with Gasteiger partial charge in [0, 0.05) is 16.7 Å². The molecule has 0 saturated carbocycles. The lowest BCUT2D eigenvalue weighted by molar-refractivity contribution is 0.768. The van der Waals surface area contributed by atoms with Crippen molar-refractivity contribution in [2.24, 2.45) is 0 Å². The molecular formula is C46H31N3. The molecule has 0 aliphatic heterocycles. The Morgan fingerprint density at radius 3 is 1.20 bits per heavy atom. The topological polar surface area (TPSA) is 38.7 Å². The molecule has 1 aliphatic rings. The van der Waals surface area contributed by atoms with E-state index in [-0.39, 0.29) is 0 Å². The molecule has 0 fully saturated rings. The number of hydrogen-bond acceptors (Lipinski definition) is 3. The maximum Gasteiger partial charge on any atom is 0.164 e. The molecule has 0 spiro atoms. The first-order chi connectivity index (χ1) is 24.3. The molecule has 230 valence electrons. The summed E-state index contributed by atoms with van der Waals surface area (Å²) in [5, 5.41) is 0. The number of aromatic nitrogens is 3. The van der Waals surface area contributed by atoms with Gasteiger partial charge in [-0.25, -0.2) is 15.0 Å². The fourth-order valence-corrected chi connectivity index (χ4v) is 7.47. The van der Waals surface area contributed by atoms with Gasteiger partial charge in [-0.3, -0.25) is 0 Å². The first-order valence-electron chi connectivity index (χ1n) is 16.6. The molecule has 8 aromatic rings. The highest BCUT2D eigenvalue weighted by molar-refractivity contribution is 5.95. The maximum atomic E-state index is 4.95. The van der Waals surface area contributed by atoms with Crippen LogP contribution in [0.15, 0.2) is 188 Å². The average molecular weight is 626 g/mol. The van der Waals surface area contributed by atoms with Gasteiger partial charge in [0.05, 0.1) is 5.41 Å². The van der Waals surface area contributed by atoms with E-state index < -0.39 is 5.41 Å². The summed E-state index contributed by atoms with van der Waals surface area (Å²) in [4.78, 5) is 14.8. The van der Waals surface area contributed by atoms with Gasteiger partial charge >= 0.3 is 0 Å². The molecule has 0 unspecified atom stereocenters. The standard InChI is InChI=1S/C46H31N3/c1-5-16-33(17-6-1)43-47-44(34-18-7-2-8-19-34)49-45(48-43)35-30-28-32(29-31-35)38-25-15-27-41-42(38)39-24-13-14-26-40(39)46(41,36-20-9-3-10-21-36)37-22-11-4-12-23-37/h1-31H. The third-order valence-electron chi connectivity index (χ3n) is 9.64. The van der Waals surface area contributed by atoms with Crippen molar-refractivity contribution >= 4 is 0 Å². The molecule has 1 heterocycles. The van der Waals surface area contributed by atoms with Crippen molar-refractivity contribution in [3.8, 4) is 56.4 Å². The monoisotopic (exact) mass is 625 g/mol.